The quantitative estimate of drug-likeness (QED) is 0.619. The molecule has 4 N–H and O–H groups in total. The molecule has 0 aliphatic carbocycles. The van der Waals surface area contributed by atoms with Gasteiger partial charge < -0.3 is 15.9 Å². The fraction of sp³-hybridized carbons (Fsp3) is 0.182. The number of fused-ring (bicyclic) bond motifs is 1. The van der Waals surface area contributed by atoms with Gasteiger partial charge in [-0.1, -0.05) is 6.07 Å². The second-order valence-electron chi connectivity index (χ2n) is 3.72. The number of carbonyl (C=O) groups is 2. The number of carboxylic acid groups (broad SMARTS) is 2. The molecular formula is C11H9F6N3O4. The topological polar surface area (TPSA) is 118 Å². The molecule has 0 radical (unpaired) electrons. The standard InChI is InChI=1S/C7H7N3.2C2HF3O2/c8-7-9-5-6-3-1-2-4-10(6)7;2*3-2(4,5)1(6)7/h1-5H,(H2,8,9);2*(H,6,7). The van der Waals surface area contributed by atoms with Gasteiger partial charge in [0.2, 0.25) is 5.95 Å². The van der Waals surface area contributed by atoms with Gasteiger partial charge in [0.15, 0.2) is 0 Å². The van der Waals surface area contributed by atoms with Gasteiger partial charge in [0, 0.05) is 6.20 Å². The van der Waals surface area contributed by atoms with E-state index >= 15 is 0 Å². The Morgan fingerprint density at radius 1 is 1.00 bits per heavy atom. The second-order valence-corrected chi connectivity index (χ2v) is 3.72. The van der Waals surface area contributed by atoms with Crippen molar-refractivity contribution in [3.05, 3.63) is 30.6 Å². The van der Waals surface area contributed by atoms with E-state index in [1.165, 1.54) is 0 Å². The van der Waals surface area contributed by atoms with E-state index in [4.69, 9.17) is 25.5 Å². The Bertz CT molecular complexity index is 671. The predicted molar refractivity (Wildman–Crippen MR) is 67.0 cm³/mol. The lowest BCUT2D eigenvalue weighted by Crippen LogP contribution is -2.21. The molecule has 2 rings (SSSR count). The first-order chi connectivity index (χ1) is 10.8. The molecule has 0 unspecified atom stereocenters. The molecule has 0 aromatic carbocycles. The molecule has 0 spiro atoms. The highest BCUT2D eigenvalue weighted by Crippen LogP contribution is 2.13. The van der Waals surface area contributed by atoms with Crippen molar-refractivity contribution in [3.63, 3.8) is 0 Å². The Kier molecular flexibility index (Phi) is 7.03. The number of pyridine rings is 1. The number of rotatable bonds is 0. The van der Waals surface area contributed by atoms with E-state index in [1.54, 1.807) is 6.20 Å². The maximum absolute atomic E-state index is 10.6. The van der Waals surface area contributed by atoms with E-state index in [0.29, 0.717) is 5.95 Å². The molecular weight excluding hydrogens is 352 g/mol. The van der Waals surface area contributed by atoms with Gasteiger partial charge in [-0.15, -0.1) is 0 Å². The lowest BCUT2D eigenvalue weighted by Gasteiger charge is -1.93. The van der Waals surface area contributed by atoms with Crippen molar-refractivity contribution in [1.29, 1.82) is 0 Å². The minimum atomic E-state index is -5.08. The average molecular weight is 361 g/mol. The molecule has 0 bridgehead atoms. The molecule has 13 heteroatoms. The maximum atomic E-state index is 10.6. The van der Waals surface area contributed by atoms with E-state index in [9.17, 15) is 26.3 Å². The number of hydrogen-bond acceptors (Lipinski definition) is 4. The first kappa shape index (κ1) is 21.0. The minimum Gasteiger partial charge on any atom is -0.475 e. The van der Waals surface area contributed by atoms with Crippen LogP contribution in [0, 0.1) is 0 Å². The van der Waals surface area contributed by atoms with Crippen LogP contribution >= 0.6 is 0 Å². The molecule has 0 saturated heterocycles. The Morgan fingerprint density at radius 2 is 1.42 bits per heavy atom. The first-order valence-corrected chi connectivity index (χ1v) is 5.54. The van der Waals surface area contributed by atoms with Crippen LogP contribution in [0.25, 0.3) is 5.52 Å². The summed E-state index contributed by atoms with van der Waals surface area (Å²) < 4.78 is 65.3. The van der Waals surface area contributed by atoms with Crippen LogP contribution in [0.3, 0.4) is 0 Å². The summed E-state index contributed by atoms with van der Waals surface area (Å²) in [5, 5.41) is 14.2. The van der Waals surface area contributed by atoms with Crippen LogP contribution in [-0.2, 0) is 9.59 Å². The Labute approximate surface area is 128 Å². The number of aliphatic carboxylic acids is 2. The largest absolute Gasteiger partial charge is 0.490 e. The van der Waals surface area contributed by atoms with Crippen LogP contribution in [-0.4, -0.2) is 43.9 Å². The van der Waals surface area contributed by atoms with E-state index in [0.717, 1.165) is 5.52 Å². The number of nitrogens with two attached hydrogens (primary N) is 1. The van der Waals surface area contributed by atoms with Crippen molar-refractivity contribution < 1.29 is 46.1 Å². The number of nitrogens with zero attached hydrogens (tertiary/aromatic N) is 2. The number of carboxylic acids is 2. The van der Waals surface area contributed by atoms with Gasteiger partial charge in [0.05, 0.1) is 11.7 Å². The summed E-state index contributed by atoms with van der Waals surface area (Å²) in [5.74, 6) is -4.98. The van der Waals surface area contributed by atoms with Crippen molar-refractivity contribution in [1.82, 2.24) is 9.38 Å². The fourth-order valence-corrected chi connectivity index (χ4v) is 0.965. The van der Waals surface area contributed by atoms with Crippen molar-refractivity contribution in [2.45, 2.75) is 12.4 Å². The lowest BCUT2D eigenvalue weighted by atomic mass is 10.4. The number of nitrogen functional groups attached to an aromatic ring is 1. The highest BCUT2D eigenvalue weighted by molar-refractivity contribution is 5.73. The Balaban J connectivity index is 0.000000343. The van der Waals surface area contributed by atoms with E-state index in [1.807, 2.05) is 28.8 Å². The number of halogens is 6. The van der Waals surface area contributed by atoms with Gasteiger partial charge in [0.25, 0.3) is 0 Å². The molecule has 24 heavy (non-hydrogen) atoms. The first-order valence-electron chi connectivity index (χ1n) is 5.54. The molecule has 0 saturated carbocycles. The number of aromatic nitrogens is 2. The van der Waals surface area contributed by atoms with Crippen LogP contribution in [0.2, 0.25) is 0 Å². The van der Waals surface area contributed by atoms with Crippen LogP contribution < -0.4 is 5.73 Å². The van der Waals surface area contributed by atoms with Gasteiger partial charge in [-0.05, 0) is 12.1 Å². The van der Waals surface area contributed by atoms with Crippen LogP contribution in [0.4, 0.5) is 32.3 Å². The second kappa shape index (κ2) is 8.03. The zero-order chi connectivity index (χ0) is 19.1. The lowest BCUT2D eigenvalue weighted by molar-refractivity contribution is -0.193. The Hall–Kier alpha value is -2.99. The highest BCUT2D eigenvalue weighted by atomic mass is 19.4. The summed E-state index contributed by atoms with van der Waals surface area (Å²) >= 11 is 0. The molecule has 0 fully saturated rings. The normalized spacial score (nSPS) is 10.9. The van der Waals surface area contributed by atoms with Crippen LogP contribution in [0.1, 0.15) is 0 Å². The molecule has 2 aromatic heterocycles. The predicted octanol–water partition coefficient (Wildman–Crippen LogP) is 2.18. The molecule has 2 aromatic rings. The van der Waals surface area contributed by atoms with E-state index in [2.05, 4.69) is 4.98 Å². The third-order valence-electron chi connectivity index (χ3n) is 1.95. The maximum Gasteiger partial charge on any atom is 0.490 e. The third-order valence-corrected chi connectivity index (χ3v) is 1.95. The minimum absolute atomic E-state index is 0.538. The molecule has 134 valence electrons. The van der Waals surface area contributed by atoms with Gasteiger partial charge in [-0.3, -0.25) is 4.40 Å². The summed E-state index contributed by atoms with van der Waals surface area (Å²) in [5.41, 5.74) is 6.56. The number of alkyl halides is 6. The summed E-state index contributed by atoms with van der Waals surface area (Å²) in [6, 6.07) is 5.84. The fourth-order valence-electron chi connectivity index (χ4n) is 0.965. The molecule has 0 atom stereocenters. The van der Waals surface area contributed by atoms with Crippen molar-refractivity contribution in [2.75, 3.05) is 5.73 Å². The van der Waals surface area contributed by atoms with Crippen molar-refractivity contribution in [3.8, 4) is 0 Å². The molecule has 7 nitrogen and oxygen atoms in total. The van der Waals surface area contributed by atoms with Gasteiger partial charge in [-0.25, -0.2) is 14.6 Å². The van der Waals surface area contributed by atoms with E-state index in [-0.39, 0.29) is 0 Å². The summed E-state index contributed by atoms with van der Waals surface area (Å²) in [4.78, 5) is 21.7. The van der Waals surface area contributed by atoms with Gasteiger partial charge in [-0.2, -0.15) is 26.3 Å². The summed E-state index contributed by atoms with van der Waals surface area (Å²) in [7, 11) is 0. The SMILES string of the molecule is Nc1ncc2ccccn12.O=C(O)C(F)(F)F.O=C(O)C(F)(F)F. The van der Waals surface area contributed by atoms with Gasteiger partial charge in [0.1, 0.15) is 0 Å². The molecule has 0 amide bonds. The number of imidazole rings is 1. The van der Waals surface area contributed by atoms with Gasteiger partial charge >= 0.3 is 24.3 Å². The Morgan fingerprint density at radius 3 is 1.75 bits per heavy atom. The summed E-state index contributed by atoms with van der Waals surface area (Å²) in [6.45, 7) is 0. The average Bonchev–Trinajstić information content (AvgIpc) is 2.80. The van der Waals surface area contributed by atoms with Crippen LogP contribution in [0.5, 0.6) is 0 Å². The molecule has 2 heterocycles. The van der Waals surface area contributed by atoms with E-state index < -0.39 is 24.3 Å². The highest BCUT2D eigenvalue weighted by Gasteiger charge is 2.38. The smallest absolute Gasteiger partial charge is 0.475 e. The van der Waals surface area contributed by atoms with Crippen molar-refractivity contribution >= 4 is 23.4 Å². The third kappa shape index (κ3) is 7.33. The number of hydrogen-bond donors (Lipinski definition) is 3. The zero-order valence-electron chi connectivity index (χ0n) is 11.3. The number of anilines is 1. The molecule has 0 aliphatic heterocycles. The van der Waals surface area contributed by atoms with Crippen LogP contribution in [0.15, 0.2) is 30.6 Å². The van der Waals surface area contributed by atoms with Crippen molar-refractivity contribution in [2.24, 2.45) is 0 Å². The zero-order valence-corrected chi connectivity index (χ0v) is 11.3. The molecule has 0 aliphatic rings. The monoisotopic (exact) mass is 361 g/mol. The summed E-state index contributed by atoms with van der Waals surface area (Å²) in [6.07, 6.45) is -6.53.